The van der Waals surface area contributed by atoms with Gasteiger partial charge >= 0.3 is 12.1 Å². The topological polar surface area (TPSA) is 95.9 Å². The molecule has 20 heavy (non-hydrogen) atoms. The Bertz CT molecular complexity index is 582. The summed E-state index contributed by atoms with van der Waals surface area (Å²) >= 11 is 0. The second kappa shape index (κ2) is 5.87. The van der Waals surface area contributed by atoms with Crippen LogP contribution in [0.4, 0.5) is 16.2 Å². The summed E-state index contributed by atoms with van der Waals surface area (Å²) in [6, 6.07) is 6.64. The molecule has 104 valence electrons. The van der Waals surface area contributed by atoms with Crippen molar-refractivity contribution >= 4 is 29.3 Å². The monoisotopic (exact) mass is 276 g/mol. The lowest BCUT2D eigenvalue weighted by Gasteiger charge is -2.13. The van der Waals surface area contributed by atoms with Crippen molar-refractivity contribution in [1.29, 1.82) is 0 Å². The molecule has 0 aliphatic carbocycles. The van der Waals surface area contributed by atoms with Crippen molar-refractivity contribution in [1.82, 2.24) is 0 Å². The van der Waals surface area contributed by atoms with Gasteiger partial charge < -0.3 is 15.2 Å². The van der Waals surface area contributed by atoms with Crippen LogP contribution in [0.1, 0.15) is 0 Å². The number of benzene rings is 1. The van der Waals surface area contributed by atoms with Gasteiger partial charge in [-0.05, 0) is 18.2 Å². The molecule has 1 aromatic rings. The van der Waals surface area contributed by atoms with E-state index in [4.69, 9.17) is 9.84 Å². The molecule has 1 fully saturated rings. The second-order valence-corrected chi connectivity index (χ2v) is 3.98. The third kappa shape index (κ3) is 3.35. The number of carboxylic acid groups (broad SMARTS) is 1. The molecule has 2 amide bonds. The van der Waals surface area contributed by atoms with Gasteiger partial charge in [0.2, 0.25) is 5.91 Å². The Labute approximate surface area is 114 Å². The molecule has 7 heteroatoms. The Morgan fingerprint density at radius 1 is 1.35 bits per heavy atom. The summed E-state index contributed by atoms with van der Waals surface area (Å²) in [5, 5.41) is 10.9. The molecule has 0 aromatic heterocycles. The van der Waals surface area contributed by atoms with Crippen LogP contribution < -0.4 is 10.2 Å². The van der Waals surface area contributed by atoms with Crippen molar-refractivity contribution in [3.8, 4) is 0 Å². The number of nitrogens with zero attached hydrogens (tertiary/aromatic N) is 1. The molecule has 0 bridgehead atoms. The first-order valence-electron chi connectivity index (χ1n) is 5.82. The molecule has 0 saturated carbocycles. The number of hydrogen-bond acceptors (Lipinski definition) is 4. The number of amides is 2. The van der Waals surface area contributed by atoms with Crippen molar-refractivity contribution in [2.45, 2.75) is 0 Å². The third-order valence-corrected chi connectivity index (χ3v) is 2.56. The van der Waals surface area contributed by atoms with E-state index in [9.17, 15) is 14.4 Å². The molecule has 0 atom stereocenters. The molecule has 0 radical (unpaired) electrons. The molecule has 1 heterocycles. The van der Waals surface area contributed by atoms with Gasteiger partial charge in [0.1, 0.15) is 6.61 Å². The van der Waals surface area contributed by atoms with E-state index < -0.39 is 18.0 Å². The number of carbonyl (C=O) groups is 3. The SMILES string of the molecule is O=C(O)/C=C/C(=O)Nc1cccc(N2CCOC2=O)c1. The van der Waals surface area contributed by atoms with Gasteiger partial charge in [0.25, 0.3) is 0 Å². The quantitative estimate of drug-likeness (QED) is 0.806. The molecule has 1 aliphatic rings. The minimum Gasteiger partial charge on any atom is -0.478 e. The van der Waals surface area contributed by atoms with Crippen molar-refractivity contribution in [2.75, 3.05) is 23.4 Å². The van der Waals surface area contributed by atoms with Crippen LogP contribution in [0.15, 0.2) is 36.4 Å². The van der Waals surface area contributed by atoms with Crippen LogP contribution in [-0.4, -0.2) is 36.2 Å². The maximum Gasteiger partial charge on any atom is 0.414 e. The lowest BCUT2D eigenvalue weighted by Crippen LogP contribution is -2.23. The highest BCUT2D eigenvalue weighted by Crippen LogP contribution is 2.22. The Morgan fingerprint density at radius 3 is 2.80 bits per heavy atom. The molecule has 2 rings (SSSR count). The number of nitrogens with one attached hydrogen (secondary N) is 1. The van der Waals surface area contributed by atoms with Gasteiger partial charge in [-0.25, -0.2) is 9.59 Å². The van der Waals surface area contributed by atoms with Crippen molar-refractivity contribution in [2.24, 2.45) is 0 Å². The zero-order chi connectivity index (χ0) is 14.5. The van der Waals surface area contributed by atoms with Crippen molar-refractivity contribution < 1.29 is 24.2 Å². The third-order valence-electron chi connectivity index (χ3n) is 2.56. The fourth-order valence-corrected chi connectivity index (χ4v) is 1.71. The number of carbonyl (C=O) groups excluding carboxylic acids is 2. The highest BCUT2D eigenvalue weighted by atomic mass is 16.6. The normalized spacial score (nSPS) is 14.4. The lowest BCUT2D eigenvalue weighted by molar-refractivity contribution is -0.131. The summed E-state index contributed by atoms with van der Waals surface area (Å²) in [5.74, 6) is -1.76. The average Bonchev–Trinajstić information content (AvgIpc) is 2.83. The van der Waals surface area contributed by atoms with E-state index in [2.05, 4.69) is 5.32 Å². The van der Waals surface area contributed by atoms with E-state index in [1.54, 1.807) is 24.3 Å². The van der Waals surface area contributed by atoms with Crippen LogP contribution in [0, 0.1) is 0 Å². The number of cyclic esters (lactones) is 1. The van der Waals surface area contributed by atoms with E-state index in [1.165, 1.54) is 4.90 Å². The van der Waals surface area contributed by atoms with Gasteiger partial charge in [-0.2, -0.15) is 0 Å². The number of anilines is 2. The maximum absolute atomic E-state index is 11.4. The summed E-state index contributed by atoms with van der Waals surface area (Å²) in [6.07, 6.45) is 1.23. The van der Waals surface area contributed by atoms with E-state index in [1.807, 2.05) is 0 Å². The van der Waals surface area contributed by atoms with Gasteiger partial charge in [0.05, 0.1) is 6.54 Å². The summed E-state index contributed by atoms with van der Waals surface area (Å²) < 4.78 is 4.83. The van der Waals surface area contributed by atoms with Gasteiger partial charge in [-0.1, -0.05) is 6.07 Å². The van der Waals surface area contributed by atoms with Gasteiger partial charge in [0.15, 0.2) is 0 Å². The van der Waals surface area contributed by atoms with E-state index >= 15 is 0 Å². The molecular formula is C13H12N2O5. The van der Waals surface area contributed by atoms with E-state index in [-0.39, 0.29) is 0 Å². The predicted molar refractivity (Wildman–Crippen MR) is 70.5 cm³/mol. The Balaban J connectivity index is 2.08. The van der Waals surface area contributed by atoms with Gasteiger partial charge in [-0.15, -0.1) is 0 Å². The molecule has 1 saturated heterocycles. The molecular weight excluding hydrogens is 264 g/mol. The van der Waals surface area contributed by atoms with Crippen LogP contribution >= 0.6 is 0 Å². The first-order valence-corrected chi connectivity index (χ1v) is 5.82. The predicted octanol–water partition coefficient (Wildman–Crippen LogP) is 1.22. The summed E-state index contributed by atoms with van der Waals surface area (Å²) in [6.45, 7) is 0.784. The lowest BCUT2D eigenvalue weighted by atomic mass is 10.2. The van der Waals surface area contributed by atoms with Crippen molar-refractivity contribution in [3.63, 3.8) is 0 Å². The second-order valence-electron chi connectivity index (χ2n) is 3.98. The maximum atomic E-state index is 11.4. The molecule has 2 N–H and O–H groups in total. The fourth-order valence-electron chi connectivity index (χ4n) is 1.71. The first-order chi connectivity index (χ1) is 9.56. The standard InChI is InChI=1S/C13H12N2O5/c16-11(4-5-12(17)18)14-9-2-1-3-10(8-9)15-6-7-20-13(15)19/h1-5,8H,6-7H2,(H,14,16)(H,17,18)/b5-4+. The van der Waals surface area contributed by atoms with Gasteiger partial charge in [0, 0.05) is 23.5 Å². The summed E-state index contributed by atoms with van der Waals surface area (Å²) in [7, 11) is 0. The Morgan fingerprint density at radius 2 is 2.15 bits per heavy atom. The number of ether oxygens (including phenoxy) is 1. The van der Waals surface area contributed by atoms with Crippen LogP contribution in [-0.2, 0) is 14.3 Å². The summed E-state index contributed by atoms with van der Waals surface area (Å²) in [5.41, 5.74) is 1.06. The largest absolute Gasteiger partial charge is 0.478 e. The Hall–Kier alpha value is -2.83. The summed E-state index contributed by atoms with van der Waals surface area (Å²) in [4.78, 5) is 34.6. The minimum atomic E-state index is -1.20. The molecule has 1 aromatic carbocycles. The van der Waals surface area contributed by atoms with Crippen LogP contribution in [0.2, 0.25) is 0 Å². The van der Waals surface area contributed by atoms with E-state index in [0.29, 0.717) is 24.5 Å². The van der Waals surface area contributed by atoms with Gasteiger partial charge in [-0.3, -0.25) is 9.69 Å². The number of aliphatic carboxylic acids is 1. The van der Waals surface area contributed by atoms with Crippen LogP contribution in [0.5, 0.6) is 0 Å². The smallest absolute Gasteiger partial charge is 0.414 e. The highest BCUT2D eigenvalue weighted by Gasteiger charge is 2.23. The highest BCUT2D eigenvalue weighted by molar-refractivity contribution is 6.02. The molecule has 0 unspecified atom stereocenters. The van der Waals surface area contributed by atoms with Crippen molar-refractivity contribution in [3.05, 3.63) is 36.4 Å². The first kappa shape index (κ1) is 13.6. The number of rotatable bonds is 4. The molecule has 1 aliphatic heterocycles. The van der Waals surface area contributed by atoms with Crippen LogP contribution in [0.25, 0.3) is 0 Å². The minimum absolute atomic E-state index is 0.330. The fraction of sp³-hybridized carbons (Fsp3) is 0.154. The number of carboxylic acids is 1. The van der Waals surface area contributed by atoms with Crippen LogP contribution in [0.3, 0.4) is 0 Å². The molecule has 7 nitrogen and oxygen atoms in total. The zero-order valence-corrected chi connectivity index (χ0v) is 10.4. The van der Waals surface area contributed by atoms with E-state index in [0.717, 1.165) is 12.2 Å². The zero-order valence-electron chi connectivity index (χ0n) is 10.4. The molecule has 0 spiro atoms. The average molecular weight is 276 g/mol. The number of hydrogen-bond donors (Lipinski definition) is 2. The Kier molecular flexibility index (Phi) is 3.99.